The van der Waals surface area contributed by atoms with Crippen LogP contribution in [-0.4, -0.2) is 57.5 Å². The molecule has 1 aromatic carbocycles. The number of ether oxygens (including phenoxy) is 1. The van der Waals surface area contributed by atoms with Gasteiger partial charge in [0.15, 0.2) is 5.75 Å². The summed E-state index contributed by atoms with van der Waals surface area (Å²) in [4.78, 5) is 23.0. The number of nitrogens with zero attached hydrogens (tertiary/aromatic N) is 5. The van der Waals surface area contributed by atoms with E-state index in [2.05, 4.69) is 24.9 Å². The summed E-state index contributed by atoms with van der Waals surface area (Å²) in [6.07, 6.45) is -2.43. The first kappa shape index (κ1) is 24.3. The minimum atomic E-state index is -4.90. The average molecular weight is 527 g/mol. The summed E-state index contributed by atoms with van der Waals surface area (Å²) in [7, 11) is 0. The molecule has 9 nitrogen and oxygen atoms in total. The highest BCUT2D eigenvalue weighted by Gasteiger charge is 2.40. The van der Waals surface area contributed by atoms with Gasteiger partial charge in [-0.25, -0.2) is 4.98 Å². The highest BCUT2D eigenvalue weighted by Crippen LogP contribution is 2.46. The zero-order valence-corrected chi connectivity index (χ0v) is 20.7. The van der Waals surface area contributed by atoms with E-state index < -0.39 is 18.1 Å². The van der Waals surface area contributed by atoms with E-state index in [-0.39, 0.29) is 6.04 Å². The number of imidazole rings is 1. The van der Waals surface area contributed by atoms with Crippen molar-refractivity contribution < 1.29 is 27.2 Å². The summed E-state index contributed by atoms with van der Waals surface area (Å²) in [5.74, 6) is 0.149. The van der Waals surface area contributed by atoms with E-state index >= 15 is 0 Å². The molecule has 1 atom stereocenters. The highest BCUT2D eigenvalue weighted by atomic mass is 19.4. The number of halogens is 3. The van der Waals surface area contributed by atoms with Crippen molar-refractivity contribution in [1.82, 2.24) is 25.0 Å². The number of aryl methyl sites for hydroxylation is 2. The van der Waals surface area contributed by atoms with Crippen LogP contribution in [0, 0.1) is 13.8 Å². The third kappa shape index (κ3) is 4.04. The zero-order chi connectivity index (χ0) is 26.6. The number of hydrogen-bond acceptors (Lipinski definition) is 7. The number of hydrogen-bond donors (Lipinski definition) is 1. The Balaban J connectivity index is 1.41. The maximum absolute atomic E-state index is 12.7. The summed E-state index contributed by atoms with van der Waals surface area (Å²) in [6, 6.07) is 8.77. The van der Waals surface area contributed by atoms with Crippen LogP contribution in [-0.2, 0) is 4.79 Å². The molecule has 198 valence electrons. The van der Waals surface area contributed by atoms with E-state index in [0.29, 0.717) is 50.0 Å². The second kappa shape index (κ2) is 9.03. The minimum absolute atomic E-state index is 0.258. The molecule has 1 fully saturated rings. The van der Waals surface area contributed by atoms with Crippen molar-refractivity contribution in [1.29, 1.82) is 0 Å². The van der Waals surface area contributed by atoms with Crippen molar-refractivity contribution in [2.75, 3.05) is 24.6 Å². The largest absolute Gasteiger partial charge is 0.488 e. The lowest BCUT2D eigenvalue weighted by atomic mass is 10.0. The van der Waals surface area contributed by atoms with Crippen LogP contribution in [0.1, 0.15) is 36.0 Å². The molecule has 12 heteroatoms. The van der Waals surface area contributed by atoms with Crippen LogP contribution in [0.2, 0.25) is 0 Å². The third-order valence-corrected chi connectivity index (χ3v) is 7.19. The van der Waals surface area contributed by atoms with Gasteiger partial charge in [0.25, 0.3) is 0 Å². The lowest BCUT2D eigenvalue weighted by Gasteiger charge is -2.35. The van der Waals surface area contributed by atoms with Gasteiger partial charge in [-0.05, 0) is 51.0 Å². The Morgan fingerprint density at radius 1 is 1.13 bits per heavy atom. The number of anilines is 1. The molecular weight excluding hydrogens is 501 g/mol. The van der Waals surface area contributed by atoms with Crippen molar-refractivity contribution >= 4 is 22.9 Å². The van der Waals surface area contributed by atoms with Crippen LogP contribution >= 0.6 is 0 Å². The van der Waals surface area contributed by atoms with Crippen molar-refractivity contribution in [3.8, 4) is 16.9 Å². The summed E-state index contributed by atoms with van der Waals surface area (Å²) < 4.78 is 52.1. The number of piperidine rings is 1. The second-order valence-corrected chi connectivity index (χ2v) is 9.60. The van der Waals surface area contributed by atoms with Crippen LogP contribution in [0.15, 0.2) is 41.1 Å². The standard InChI is InChI=1S/C26H25F3N6O3/c1-14-21(15(2)38-33-14)17-6-7-19-22-23(17)37-13-20(18-5-3-4-10-30-18)35(22)25(32-19)34-11-8-16(9-12-34)31-24(36)26(27,28)29/h3-7,10,16,20H,8-9,11-13H2,1-2H3,(H,31,36)/t20-/m1/s1. The van der Waals surface area contributed by atoms with Gasteiger partial charge in [0.2, 0.25) is 5.95 Å². The Labute approximate surface area is 215 Å². The number of aromatic nitrogens is 4. The van der Waals surface area contributed by atoms with Gasteiger partial charge in [0.05, 0.1) is 22.5 Å². The molecule has 0 spiro atoms. The Bertz CT molecular complexity index is 1490. The molecule has 0 aliphatic carbocycles. The lowest BCUT2D eigenvalue weighted by molar-refractivity contribution is -0.174. The van der Waals surface area contributed by atoms with Crippen LogP contribution in [0.3, 0.4) is 0 Å². The van der Waals surface area contributed by atoms with Gasteiger partial charge in [-0.15, -0.1) is 0 Å². The van der Waals surface area contributed by atoms with Crippen LogP contribution in [0.4, 0.5) is 19.1 Å². The highest BCUT2D eigenvalue weighted by molar-refractivity contribution is 5.94. The van der Waals surface area contributed by atoms with Crippen LogP contribution in [0.25, 0.3) is 22.2 Å². The zero-order valence-electron chi connectivity index (χ0n) is 20.7. The molecule has 1 saturated heterocycles. The Morgan fingerprint density at radius 2 is 1.92 bits per heavy atom. The summed E-state index contributed by atoms with van der Waals surface area (Å²) >= 11 is 0. The van der Waals surface area contributed by atoms with Gasteiger partial charge < -0.3 is 19.5 Å². The number of amides is 1. The summed E-state index contributed by atoms with van der Waals surface area (Å²) in [5, 5.41) is 6.21. The smallest absolute Gasteiger partial charge is 0.471 e. The number of alkyl halides is 3. The second-order valence-electron chi connectivity index (χ2n) is 9.60. The molecule has 38 heavy (non-hydrogen) atoms. The molecule has 2 aliphatic rings. The van der Waals surface area contributed by atoms with Gasteiger partial charge in [-0.3, -0.25) is 14.3 Å². The Hall–Kier alpha value is -4.09. The summed E-state index contributed by atoms with van der Waals surface area (Å²) in [6.45, 7) is 4.94. The number of rotatable bonds is 4. The summed E-state index contributed by atoms with van der Waals surface area (Å²) in [5.41, 5.74) is 4.84. The van der Waals surface area contributed by atoms with Gasteiger partial charge in [-0.2, -0.15) is 13.2 Å². The predicted molar refractivity (Wildman–Crippen MR) is 132 cm³/mol. The molecule has 2 aliphatic heterocycles. The van der Waals surface area contributed by atoms with E-state index in [9.17, 15) is 18.0 Å². The van der Waals surface area contributed by atoms with Crippen molar-refractivity contribution in [2.24, 2.45) is 0 Å². The number of carbonyl (C=O) groups excluding carboxylic acids is 1. The monoisotopic (exact) mass is 526 g/mol. The molecule has 5 heterocycles. The fourth-order valence-corrected chi connectivity index (χ4v) is 5.39. The fourth-order valence-electron chi connectivity index (χ4n) is 5.39. The molecule has 3 aromatic heterocycles. The number of pyridine rings is 1. The molecule has 1 N–H and O–H groups in total. The first-order valence-electron chi connectivity index (χ1n) is 12.4. The van der Waals surface area contributed by atoms with Crippen molar-refractivity contribution in [2.45, 2.75) is 44.9 Å². The van der Waals surface area contributed by atoms with Gasteiger partial charge in [-0.1, -0.05) is 11.2 Å². The first-order chi connectivity index (χ1) is 18.2. The number of benzene rings is 1. The molecular formula is C26H25F3N6O3. The lowest BCUT2D eigenvalue weighted by Crippen LogP contribution is -2.49. The molecule has 0 radical (unpaired) electrons. The van der Waals surface area contributed by atoms with Crippen molar-refractivity contribution in [3.05, 3.63) is 53.7 Å². The number of carbonyl (C=O) groups is 1. The molecule has 6 rings (SSSR count). The SMILES string of the molecule is Cc1noc(C)c1-c1ccc2nc(N3CCC(NC(=O)C(F)(F)F)CC3)n3c2c1OC[C@@H]3c1ccccn1. The van der Waals surface area contributed by atoms with Crippen molar-refractivity contribution in [3.63, 3.8) is 0 Å². The average Bonchev–Trinajstić information content (AvgIpc) is 3.46. The minimum Gasteiger partial charge on any atom is -0.488 e. The molecule has 0 unspecified atom stereocenters. The van der Waals surface area contributed by atoms with E-state index in [1.54, 1.807) is 6.20 Å². The Kier molecular flexibility index (Phi) is 5.77. The topological polar surface area (TPSA) is 98.3 Å². The van der Waals surface area contributed by atoms with Crippen LogP contribution < -0.4 is 15.0 Å². The van der Waals surface area contributed by atoms with E-state index in [1.807, 2.05) is 44.2 Å². The molecule has 4 aromatic rings. The maximum atomic E-state index is 12.7. The van der Waals surface area contributed by atoms with E-state index in [1.165, 1.54) is 0 Å². The molecule has 1 amide bonds. The maximum Gasteiger partial charge on any atom is 0.471 e. The van der Waals surface area contributed by atoms with Gasteiger partial charge >= 0.3 is 12.1 Å². The van der Waals surface area contributed by atoms with Gasteiger partial charge in [0.1, 0.15) is 23.9 Å². The Morgan fingerprint density at radius 3 is 2.58 bits per heavy atom. The van der Waals surface area contributed by atoms with E-state index in [0.717, 1.165) is 33.5 Å². The third-order valence-electron chi connectivity index (χ3n) is 7.19. The van der Waals surface area contributed by atoms with Gasteiger partial charge in [0, 0.05) is 30.9 Å². The molecule has 0 bridgehead atoms. The van der Waals surface area contributed by atoms with Crippen LogP contribution in [0.5, 0.6) is 5.75 Å². The quantitative estimate of drug-likeness (QED) is 0.423. The number of nitrogens with one attached hydrogen (secondary N) is 1. The molecule has 0 saturated carbocycles. The normalized spacial score (nSPS) is 18.0. The fraction of sp³-hybridized carbons (Fsp3) is 0.385. The van der Waals surface area contributed by atoms with E-state index in [4.69, 9.17) is 14.2 Å². The predicted octanol–water partition coefficient (Wildman–Crippen LogP) is 4.33. The first-order valence-corrected chi connectivity index (χ1v) is 12.4.